The molecular weight excluding hydrogens is 286 g/mol. The third kappa shape index (κ3) is 2.39. The van der Waals surface area contributed by atoms with E-state index in [4.69, 9.17) is 16.7 Å². The summed E-state index contributed by atoms with van der Waals surface area (Å²) in [6, 6.07) is 8.47. The van der Waals surface area contributed by atoms with E-state index in [-0.39, 0.29) is 5.03 Å². The number of para-hydroxylation sites is 1. The number of nitrogens with two attached hydrogens (primary N) is 1. The lowest BCUT2D eigenvalue weighted by Crippen LogP contribution is -2.17. The van der Waals surface area contributed by atoms with Crippen LogP contribution in [0.1, 0.15) is 24.5 Å². The fourth-order valence-corrected chi connectivity index (χ4v) is 2.84. The zero-order chi connectivity index (χ0) is 13.6. The Hall–Kier alpha value is -1.37. The van der Waals surface area contributed by atoms with Gasteiger partial charge < -0.3 is 0 Å². The molecule has 1 saturated carbocycles. The van der Waals surface area contributed by atoms with E-state index in [2.05, 4.69) is 5.10 Å². The van der Waals surface area contributed by atoms with E-state index in [9.17, 15) is 8.42 Å². The molecule has 0 unspecified atom stereocenters. The molecule has 1 aromatic carbocycles. The number of aromatic nitrogens is 2. The summed E-state index contributed by atoms with van der Waals surface area (Å²) in [6.45, 7) is 0. The highest BCUT2D eigenvalue weighted by atomic mass is 35.5. The van der Waals surface area contributed by atoms with Crippen LogP contribution in [0, 0.1) is 0 Å². The van der Waals surface area contributed by atoms with Crippen molar-refractivity contribution in [1.82, 2.24) is 9.78 Å². The largest absolute Gasteiger partial charge is 0.255 e. The van der Waals surface area contributed by atoms with Gasteiger partial charge in [-0.1, -0.05) is 23.7 Å². The lowest BCUT2D eigenvalue weighted by Gasteiger charge is -2.07. The van der Waals surface area contributed by atoms with E-state index in [0.717, 1.165) is 18.5 Å². The molecule has 100 valence electrons. The molecular formula is C12H12ClN3O2S. The van der Waals surface area contributed by atoms with Gasteiger partial charge in [-0.15, -0.1) is 0 Å². The van der Waals surface area contributed by atoms with Crippen molar-refractivity contribution < 1.29 is 8.42 Å². The molecule has 1 aromatic heterocycles. The normalized spacial score (nSPS) is 15.7. The van der Waals surface area contributed by atoms with Crippen molar-refractivity contribution in [3.05, 3.63) is 41.0 Å². The summed E-state index contributed by atoms with van der Waals surface area (Å²) in [7, 11) is -3.84. The van der Waals surface area contributed by atoms with E-state index in [1.807, 2.05) is 0 Å². The predicted octanol–water partition coefficient (Wildman–Crippen LogP) is 2.05. The molecule has 5 nitrogen and oxygen atoms in total. The van der Waals surface area contributed by atoms with E-state index < -0.39 is 10.0 Å². The van der Waals surface area contributed by atoms with E-state index in [1.54, 1.807) is 24.3 Å². The van der Waals surface area contributed by atoms with Crippen LogP contribution in [-0.2, 0) is 10.0 Å². The SMILES string of the molecule is NS(=O)(=O)c1cc(C2CC2)nn1-c1ccccc1Cl. The van der Waals surface area contributed by atoms with Crippen LogP contribution in [0.4, 0.5) is 0 Å². The minimum absolute atomic E-state index is 0.0255. The number of rotatable bonds is 3. The molecule has 1 aliphatic carbocycles. The number of nitrogens with zero attached hydrogens (tertiary/aromatic N) is 2. The lowest BCUT2D eigenvalue weighted by molar-refractivity contribution is 0.587. The summed E-state index contributed by atoms with van der Waals surface area (Å²) in [5.74, 6) is 0.337. The lowest BCUT2D eigenvalue weighted by atomic mass is 10.3. The van der Waals surface area contributed by atoms with E-state index in [0.29, 0.717) is 16.6 Å². The standard InChI is InChI=1S/C12H12ClN3O2S/c13-9-3-1-2-4-11(9)16-12(19(14,17)18)7-10(15-16)8-5-6-8/h1-4,7-8H,5-6H2,(H2,14,17,18). The summed E-state index contributed by atoms with van der Waals surface area (Å²) < 4.78 is 24.6. The average Bonchev–Trinajstić information content (AvgIpc) is 3.08. The van der Waals surface area contributed by atoms with Gasteiger partial charge in [-0.2, -0.15) is 5.10 Å². The van der Waals surface area contributed by atoms with Crippen LogP contribution in [0.25, 0.3) is 5.69 Å². The van der Waals surface area contributed by atoms with Gasteiger partial charge in [0.15, 0.2) is 5.03 Å². The number of primary sulfonamides is 1. The number of hydrogen-bond donors (Lipinski definition) is 1. The summed E-state index contributed by atoms with van der Waals surface area (Å²) in [5, 5.41) is 9.99. The van der Waals surface area contributed by atoms with Gasteiger partial charge in [0.1, 0.15) is 0 Å². The van der Waals surface area contributed by atoms with Gasteiger partial charge >= 0.3 is 0 Å². The van der Waals surface area contributed by atoms with Gasteiger partial charge in [0.05, 0.1) is 16.4 Å². The van der Waals surface area contributed by atoms with Crippen LogP contribution in [-0.4, -0.2) is 18.2 Å². The highest BCUT2D eigenvalue weighted by molar-refractivity contribution is 7.89. The van der Waals surface area contributed by atoms with Gasteiger partial charge in [-0.3, -0.25) is 0 Å². The maximum atomic E-state index is 11.7. The first kappa shape index (κ1) is 12.7. The molecule has 0 atom stereocenters. The van der Waals surface area contributed by atoms with Gasteiger partial charge in [0.2, 0.25) is 0 Å². The second-order valence-corrected chi connectivity index (χ2v) is 6.51. The Balaban J connectivity index is 2.22. The zero-order valence-corrected chi connectivity index (χ0v) is 11.5. The molecule has 19 heavy (non-hydrogen) atoms. The second kappa shape index (κ2) is 4.33. The Morgan fingerprint density at radius 1 is 1.32 bits per heavy atom. The van der Waals surface area contributed by atoms with Crippen molar-refractivity contribution in [2.75, 3.05) is 0 Å². The fraction of sp³-hybridized carbons (Fsp3) is 0.250. The second-order valence-electron chi connectivity index (χ2n) is 4.59. The van der Waals surface area contributed by atoms with E-state index in [1.165, 1.54) is 10.7 Å². The fourth-order valence-electron chi connectivity index (χ4n) is 1.96. The van der Waals surface area contributed by atoms with Crippen molar-refractivity contribution in [2.24, 2.45) is 5.14 Å². The van der Waals surface area contributed by atoms with Crippen LogP contribution in [0.5, 0.6) is 0 Å². The average molecular weight is 298 g/mol. The van der Waals surface area contributed by atoms with Crippen molar-refractivity contribution in [3.63, 3.8) is 0 Å². The van der Waals surface area contributed by atoms with Crippen LogP contribution < -0.4 is 5.14 Å². The first-order valence-corrected chi connectivity index (χ1v) is 7.77. The van der Waals surface area contributed by atoms with Crippen LogP contribution in [0.3, 0.4) is 0 Å². The van der Waals surface area contributed by atoms with Crippen LogP contribution in [0.2, 0.25) is 5.02 Å². The Bertz CT molecular complexity index is 735. The minimum Gasteiger partial charge on any atom is -0.223 e. The molecule has 7 heteroatoms. The van der Waals surface area contributed by atoms with Crippen molar-refractivity contribution in [3.8, 4) is 5.69 Å². The minimum atomic E-state index is -3.84. The number of hydrogen-bond acceptors (Lipinski definition) is 3. The Morgan fingerprint density at radius 3 is 2.58 bits per heavy atom. The molecule has 1 aliphatic rings. The van der Waals surface area contributed by atoms with Gasteiger partial charge in [-0.25, -0.2) is 18.2 Å². The molecule has 0 bridgehead atoms. The molecule has 0 spiro atoms. The molecule has 0 radical (unpaired) electrons. The maximum absolute atomic E-state index is 11.7. The van der Waals surface area contributed by atoms with Crippen LogP contribution >= 0.6 is 11.6 Å². The Labute approximate surface area is 116 Å². The molecule has 1 fully saturated rings. The molecule has 0 amide bonds. The smallest absolute Gasteiger partial charge is 0.223 e. The first-order valence-electron chi connectivity index (χ1n) is 5.84. The summed E-state index contributed by atoms with van der Waals surface area (Å²) in [5.41, 5.74) is 1.27. The molecule has 0 aliphatic heterocycles. The monoisotopic (exact) mass is 297 g/mol. The quantitative estimate of drug-likeness (QED) is 0.942. The zero-order valence-electron chi connectivity index (χ0n) is 9.95. The summed E-state index contributed by atoms with van der Waals surface area (Å²) in [6.07, 6.45) is 2.06. The third-order valence-corrected chi connectivity index (χ3v) is 4.26. The van der Waals surface area contributed by atoms with Gasteiger partial charge in [0.25, 0.3) is 10.0 Å². The molecule has 2 aromatic rings. The van der Waals surface area contributed by atoms with Crippen molar-refractivity contribution >= 4 is 21.6 Å². The van der Waals surface area contributed by atoms with Gasteiger partial charge in [0, 0.05) is 12.0 Å². The molecule has 1 heterocycles. The number of halogens is 1. The summed E-state index contributed by atoms with van der Waals surface area (Å²) in [4.78, 5) is 0. The Morgan fingerprint density at radius 2 is 2.00 bits per heavy atom. The number of benzene rings is 1. The predicted molar refractivity (Wildman–Crippen MR) is 71.9 cm³/mol. The third-order valence-electron chi connectivity index (χ3n) is 3.06. The van der Waals surface area contributed by atoms with Crippen molar-refractivity contribution in [1.29, 1.82) is 0 Å². The summed E-state index contributed by atoms with van der Waals surface area (Å²) >= 11 is 6.09. The topological polar surface area (TPSA) is 78.0 Å². The molecule has 2 N–H and O–H groups in total. The maximum Gasteiger partial charge on any atom is 0.255 e. The van der Waals surface area contributed by atoms with Gasteiger partial charge in [-0.05, 0) is 25.0 Å². The van der Waals surface area contributed by atoms with Crippen LogP contribution in [0.15, 0.2) is 35.4 Å². The highest BCUT2D eigenvalue weighted by Crippen LogP contribution is 2.40. The Kier molecular flexibility index (Phi) is 2.88. The first-order chi connectivity index (χ1) is 8.97. The highest BCUT2D eigenvalue weighted by Gasteiger charge is 2.30. The number of sulfonamides is 1. The molecule has 0 saturated heterocycles. The van der Waals surface area contributed by atoms with Crippen molar-refractivity contribution in [2.45, 2.75) is 23.8 Å². The van der Waals surface area contributed by atoms with E-state index >= 15 is 0 Å². The molecule has 3 rings (SSSR count).